The fourth-order valence-electron chi connectivity index (χ4n) is 2.29. The Balaban J connectivity index is 2.39. The number of benzene rings is 1. The van der Waals surface area contributed by atoms with E-state index in [1.807, 2.05) is 26.0 Å². The van der Waals surface area contributed by atoms with E-state index < -0.39 is 0 Å². The smallest absolute Gasteiger partial charge is 0.330 e. The fourth-order valence-corrected chi connectivity index (χ4v) is 2.29. The summed E-state index contributed by atoms with van der Waals surface area (Å²) >= 11 is 0. The van der Waals surface area contributed by atoms with Crippen molar-refractivity contribution in [2.75, 3.05) is 6.54 Å². The summed E-state index contributed by atoms with van der Waals surface area (Å²) in [6.45, 7) is 5.33. The van der Waals surface area contributed by atoms with Gasteiger partial charge in [0.05, 0.1) is 6.54 Å². The van der Waals surface area contributed by atoms with Gasteiger partial charge in [-0.1, -0.05) is 23.8 Å². The molecule has 0 atom stereocenters. The van der Waals surface area contributed by atoms with Crippen LogP contribution in [0.1, 0.15) is 23.1 Å². The summed E-state index contributed by atoms with van der Waals surface area (Å²) < 4.78 is 2.82. The Morgan fingerprint density at radius 1 is 1.14 bits per heavy atom. The van der Waals surface area contributed by atoms with Crippen LogP contribution in [0.5, 0.6) is 0 Å². The predicted octanol–water partition coefficient (Wildman–Crippen LogP) is 1.02. The van der Waals surface area contributed by atoms with Crippen LogP contribution >= 0.6 is 0 Å². The first-order valence-electron chi connectivity index (χ1n) is 7.09. The summed E-state index contributed by atoms with van der Waals surface area (Å²) in [6.07, 6.45) is 2.17. The first-order chi connectivity index (χ1) is 10.0. The molecule has 0 unspecified atom stereocenters. The van der Waals surface area contributed by atoms with Gasteiger partial charge in [-0.2, -0.15) is 0 Å². The number of nitrogens with two attached hydrogens (primary N) is 1. The molecule has 0 bridgehead atoms. The molecule has 0 spiro atoms. The van der Waals surface area contributed by atoms with Crippen molar-refractivity contribution in [3.05, 3.63) is 68.0 Å². The number of aromatic nitrogens is 2. The van der Waals surface area contributed by atoms with E-state index in [0.717, 1.165) is 16.7 Å². The van der Waals surface area contributed by atoms with Crippen molar-refractivity contribution in [3.63, 3.8) is 0 Å². The van der Waals surface area contributed by atoms with Gasteiger partial charge >= 0.3 is 5.69 Å². The second kappa shape index (κ2) is 6.54. The van der Waals surface area contributed by atoms with Crippen molar-refractivity contribution in [3.8, 4) is 0 Å². The van der Waals surface area contributed by atoms with Crippen LogP contribution in [0.4, 0.5) is 0 Å². The molecule has 2 rings (SSSR count). The van der Waals surface area contributed by atoms with E-state index in [9.17, 15) is 9.59 Å². The van der Waals surface area contributed by atoms with Crippen LogP contribution in [0.15, 0.2) is 40.1 Å². The van der Waals surface area contributed by atoms with E-state index in [4.69, 9.17) is 5.73 Å². The number of hydrogen-bond donors (Lipinski definition) is 1. The summed E-state index contributed by atoms with van der Waals surface area (Å²) in [5, 5.41) is 0. The van der Waals surface area contributed by atoms with Crippen molar-refractivity contribution >= 4 is 0 Å². The highest BCUT2D eigenvalue weighted by atomic mass is 16.2. The maximum absolute atomic E-state index is 12.4. The minimum Gasteiger partial charge on any atom is -0.330 e. The molecule has 21 heavy (non-hydrogen) atoms. The van der Waals surface area contributed by atoms with Gasteiger partial charge in [0.1, 0.15) is 0 Å². The number of rotatable bonds is 5. The molecule has 2 N–H and O–H groups in total. The Bertz CT molecular complexity index is 744. The average Bonchev–Trinajstić information content (AvgIpc) is 2.46. The fraction of sp³-hybridized carbons (Fsp3) is 0.375. The molecule has 0 radical (unpaired) electrons. The maximum atomic E-state index is 12.4. The zero-order valence-corrected chi connectivity index (χ0v) is 12.5. The van der Waals surface area contributed by atoms with Crippen LogP contribution in [-0.2, 0) is 13.1 Å². The summed E-state index contributed by atoms with van der Waals surface area (Å²) in [6, 6.07) is 7.59. The van der Waals surface area contributed by atoms with Crippen molar-refractivity contribution < 1.29 is 0 Å². The Hall–Kier alpha value is -2.14. The lowest BCUT2D eigenvalue weighted by Gasteiger charge is -2.12. The molecule has 1 aromatic heterocycles. The Morgan fingerprint density at radius 3 is 2.62 bits per heavy atom. The van der Waals surface area contributed by atoms with Crippen molar-refractivity contribution in [1.29, 1.82) is 0 Å². The SMILES string of the molecule is Cc1ccc(C)c(Cn2ccc(=O)n(CCCN)c2=O)c1. The molecule has 0 saturated carbocycles. The van der Waals surface area contributed by atoms with Gasteiger partial charge in [-0.3, -0.25) is 13.9 Å². The molecule has 5 heteroatoms. The lowest BCUT2D eigenvalue weighted by Crippen LogP contribution is -2.39. The second-order valence-electron chi connectivity index (χ2n) is 5.29. The molecule has 0 fully saturated rings. The van der Waals surface area contributed by atoms with E-state index in [0.29, 0.717) is 26.1 Å². The Kier molecular flexibility index (Phi) is 4.75. The van der Waals surface area contributed by atoms with Gasteiger partial charge in [0, 0.05) is 18.8 Å². The van der Waals surface area contributed by atoms with Crippen LogP contribution < -0.4 is 17.0 Å². The topological polar surface area (TPSA) is 70.0 Å². The molecule has 1 aromatic carbocycles. The first-order valence-corrected chi connectivity index (χ1v) is 7.09. The number of aryl methyl sites for hydroxylation is 2. The number of nitrogens with zero attached hydrogens (tertiary/aromatic N) is 2. The van der Waals surface area contributed by atoms with E-state index in [-0.39, 0.29) is 11.2 Å². The molecule has 0 aliphatic rings. The van der Waals surface area contributed by atoms with Gasteiger partial charge < -0.3 is 5.73 Å². The minimum atomic E-state index is -0.281. The third-order valence-electron chi connectivity index (χ3n) is 3.57. The van der Waals surface area contributed by atoms with Crippen LogP contribution in [0.25, 0.3) is 0 Å². The lowest BCUT2D eigenvalue weighted by molar-refractivity contribution is 0.554. The normalized spacial score (nSPS) is 10.8. The highest BCUT2D eigenvalue weighted by molar-refractivity contribution is 5.30. The molecule has 0 aliphatic carbocycles. The highest BCUT2D eigenvalue weighted by Crippen LogP contribution is 2.11. The van der Waals surface area contributed by atoms with Gasteiger partial charge in [-0.25, -0.2) is 4.79 Å². The van der Waals surface area contributed by atoms with Crippen LogP contribution in [-0.4, -0.2) is 15.7 Å². The second-order valence-corrected chi connectivity index (χ2v) is 5.29. The molecule has 2 aromatic rings. The van der Waals surface area contributed by atoms with Gasteiger partial charge in [0.15, 0.2) is 0 Å². The Labute approximate surface area is 123 Å². The lowest BCUT2D eigenvalue weighted by atomic mass is 10.1. The Morgan fingerprint density at radius 2 is 1.90 bits per heavy atom. The van der Waals surface area contributed by atoms with E-state index in [1.165, 1.54) is 10.6 Å². The zero-order chi connectivity index (χ0) is 15.4. The molecule has 5 nitrogen and oxygen atoms in total. The molecule has 112 valence electrons. The predicted molar refractivity (Wildman–Crippen MR) is 83.7 cm³/mol. The third-order valence-corrected chi connectivity index (χ3v) is 3.57. The van der Waals surface area contributed by atoms with E-state index in [1.54, 1.807) is 10.8 Å². The highest BCUT2D eigenvalue weighted by Gasteiger charge is 2.07. The minimum absolute atomic E-state index is 0.273. The molecule has 0 amide bonds. The molecular weight excluding hydrogens is 266 g/mol. The summed E-state index contributed by atoms with van der Waals surface area (Å²) in [4.78, 5) is 24.2. The standard InChI is InChI=1S/C16H21N3O2/c1-12-4-5-13(2)14(10-12)11-18-9-6-15(20)19(16(18)21)8-3-7-17/h4-6,9-10H,3,7-8,11,17H2,1-2H3. The summed E-state index contributed by atoms with van der Waals surface area (Å²) in [5.74, 6) is 0. The van der Waals surface area contributed by atoms with Gasteiger partial charge in [-0.05, 0) is 37.9 Å². The molecule has 0 saturated heterocycles. The van der Waals surface area contributed by atoms with Gasteiger partial charge in [0.25, 0.3) is 5.56 Å². The largest absolute Gasteiger partial charge is 0.331 e. The quantitative estimate of drug-likeness (QED) is 0.892. The van der Waals surface area contributed by atoms with E-state index in [2.05, 4.69) is 6.07 Å². The molecule has 1 heterocycles. The monoisotopic (exact) mass is 287 g/mol. The third kappa shape index (κ3) is 3.49. The van der Waals surface area contributed by atoms with Crippen molar-refractivity contribution in [1.82, 2.24) is 9.13 Å². The molecule has 0 aliphatic heterocycles. The van der Waals surface area contributed by atoms with E-state index >= 15 is 0 Å². The molecular formula is C16H21N3O2. The number of hydrogen-bond acceptors (Lipinski definition) is 3. The first kappa shape index (κ1) is 15.3. The van der Waals surface area contributed by atoms with Gasteiger partial charge in [-0.15, -0.1) is 0 Å². The zero-order valence-electron chi connectivity index (χ0n) is 12.5. The summed E-state index contributed by atoms with van der Waals surface area (Å²) in [5.41, 5.74) is 8.27. The average molecular weight is 287 g/mol. The van der Waals surface area contributed by atoms with Gasteiger partial charge in [0.2, 0.25) is 0 Å². The van der Waals surface area contributed by atoms with Crippen molar-refractivity contribution in [2.24, 2.45) is 5.73 Å². The van der Waals surface area contributed by atoms with Crippen molar-refractivity contribution in [2.45, 2.75) is 33.4 Å². The van der Waals surface area contributed by atoms with Crippen LogP contribution in [0.2, 0.25) is 0 Å². The maximum Gasteiger partial charge on any atom is 0.331 e. The van der Waals surface area contributed by atoms with Crippen LogP contribution in [0, 0.1) is 13.8 Å². The summed E-state index contributed by atoms with van der Waals surface area (Å²) in [7, 11) is 0. The van der Waals surface area contributed by atoms with Crippen LogP contribution in [0.3, 0.4) is 0 Å².